The molecule has 0 aromatic heterocycles. The van der Waals surface area contributed by atoms with Crippen molar-refractivity contribution >= 4 is 18.4 Å². The molecule has 3 heteroatoms. The molecule has 0 atom stereocenters. The van der Waals surface area contributed by atoms with Gasteiger partial charge in [-0.3, -0.25) is 9.52 Å². The summed E-state index contributed by atoms with van der Waals surface area (Å²) in [5, 5.41) is 0.631. The van der Waals surface area contributed by atoms with Crippen LogP contribution in [0.1, 0.15) is 44.9 Å². The van der Waals surface area contributed by atoms with Crippen molar-refractivity contribution in [2.75, 3.05) is 0 Å². The zero-order valence-electron chi connectivity index (χ0n) is 7.34. The van der Waals surface area contributed by atoms with Crippen LogP contribution in [0.5, 0.6) is 0 Å². The van der Waals surface area contributed by atoms with E-state index >= 15 is 0 Å². The normalized spacial score (nSPS) is 21.0. The predicted octanol–water partition coefficient (Wildman–Crippen LogP) is 2.40. The Hall–Kier alpha value is -0.180. The van der Waals surface area contributed by atoms with Crippen molar-refractivity contribution in [3.05, 3.63) is 0 Å². The lowest BCUT2D eigenvalue weighted by Gasteiger charge is -2.17. The van der Waals surface area contributed by atoms with E-state index in [1.54, 1.807) is 18.4 Å². The summed E-state index contributed by atoms with van der Waals surface area (Å²) in [6.45, 7) is 0. The van der Waals surface area contributed by atoms with E-state index in [4.69, 9.17) is 0 Å². The molecule has 1 aliphatic rings. The molecule has 0 unspecified atom stereocenters. The van der Waals surface area contributed by atoms with Gasteiger partial charge in [0.1, 0.15) is 0 Å². The van der Waals surface area contributed by atoms with Gasteiger partial charge in [-0.2, -0.15) is 0 Å². The lowest BCUT2D eigenvalue weighted by Crippen LogP contribution is -2.12. The second kappa shape index (κ2) is 6.35. The van der Waals surface area contributed by atoms with Crippen LogP contribution in [0.3, 0.4) is 0 Å². The first kappa shape index (κ1) is 9.90. The highest BCUT2D eigenvalue weighted by molar-refractivity contribution is 7.98. The number of hydrogen-bond acceptors (Lipinski definition) is 2. The predicted molar refractivity (Wildman–Crippen MR) is 52.5 cm³/mol. The van der Waals surface area contributed by atoms with Gasteiger partial charge in [0.2, 0.25) is 0 Å². The second-order valence-electron chi connectivity index (χ2n) is 3.29. The average molecular weight is 186 g/mol. The van der Waals surface area contributed by atoms with E-state index in [1.807, 2.05) is 0 Å². The van der Waals surface area contributed by atoms with Crippen LogP contribution in [0.2, 0.25) is 0 Å². The summed E-state index contributed by atoms with van der Waals surface area (Å²) in [5.74, 6) is 0. The molecule has 1 saturated carbocycles. The van der Waals surface area contributed by atoms with Crippen molar-refractivity contribution in [2.45, 2.75) is 50.2 Å². The molecule has 2 nitrogen and oxygen atoms in total. The fraction of sp³-hybridized carbons (Fsp3) is 0.889. The van der Waals surface area contributed by atoms with E-state index in [0.29, 0.717) is 5.25 Å². The van der Waals surface area contributed by atoms with Crippen LogP contribution in [0, 0.1) is 0 Å². The summed E-state index contributed by atoms with van der Waals surface area (Å²) >= 11 is 1.55. The van der Waals surface area contributed by atoms with Crippen molar-refractivity contribution in [3.63, 3.8) is 0 Å². The Labute approximate surface area is 78.6 Å². The summed E-state index contributed by atoms with van der Waals surface area (Å²) < 4.78 is 2.58. The largest absolute Gasteiger partial charge is 0.320 e. The van der Waals surface area contributed by atoms with Crippen LogP contribution < -0.4 is 4.72 Å². The van der Waals surface area contributed by atoms with Gasteiger partial charge in [0.15, 0.2) is 0 Å². The Bertz CT molecular complexity index is 122. The van der Waals surface area contributed by atoms with Gasteiger partial charge < -0.3 is 0 Å². The van der Waals surface area contributed by atoms with Crippen LogP contribution in [-0.2, 0) is 4.79 Å². The third-order valence-electron chi connectivity index (χ3n) is 2.32. The molecular weight excluding hydrogens is 170 g/mol. The minimum atomic E-state index is 0.631. The number of hydrogen-bond donors (Lipinski definition) is 1. The molecule has 0 saturated heterocycles. The maximum atomic E-state index is 9.94. The van der Waals surface area contributed by atoms with E-state index in [1.165, 1.54) is 44.9 Å². The van der Waals surface area contributed by atoms with Crippen LogP contribution >= 0.6 is 11.9 Å². The fourth-order valence-corrected chi connectivity index (χ4v) is 2.43. The van der Waals surface area contributed by atoms with Crippen molar-refractivity contribution < 1.29 is 4.79 Å². The molecule has 1 N–H and O–H groups in total. The van der Waals surface area contributed by atoms with E-state index < -0.39 is 0 Å². The van der Waals surface area contributed by atoms with Gasteiger partial charge in [-0.05, 0) is 24.8 Å². The fourth-order valence-electron chi connectivity index (χ4n) is 1.64. The third-order valence-corrected chi connectivity index (χ3v) is 3.33. The molecule has 0 aromatic carbocycles. The molecule has 69 valence electrons. The van der Waals surface area contributed by atoms with E-state index in [0.717, 1.165) is 0 Å². The molecule has 0 heterocycles. The summed E-state index contributed by atoms with van der Waals surface area (Å²) in [6, 6.07) is 0. The lowest BCUT2D eigenvalue weighted by atomic mass is 10.0. The van der Waals surface area contributed by atoms with Crippen molar-refractivity contribution in [2.24, 2.45) is 0 Å². The highest BCUT2D eigenvalue weighted by Crippen LogP contribution is 2.24. The quantitative estimate of drug-likeness (QED) is 0.541. The Kier molecular flexibility index (Phi) is 5.24. The first-order valence-electron chi connectivity index (χ1n) is 4.71. The van der Waals surface area contributed by atoms with Crippen molar-refractivity contribution in [1.29, 1.82) is 0 Å². The Morgan fingerprint density at radius 1 is 1.08 bits per heavy atom. The molecule has 12 heavy (non-hydrogen) atoms. The van der Waals surface area contributed by atoms with E-state index in [9.17, 15) is 4.79 Å². The second-order valence-corrected chi connectivity index (χ2v) is 4.40. The number of nitrogens with one attached hydrogen (secondary N) is 1. The topological polar surface area (TPSA) is 29.1 Å². The monoisotopic (exact) mass is 186 g/mol. The SMILES string of the molecule is O=[C]NSC1CCCCCCC1. The summed E-state index contributed by atoms with van der Waals surface area (Å²) in [5.41, 5.74) is 0. The van der Waals surface area contributed by atoms with Crippen LogP contribution in [0.4, 0.5) is 0 Å². The molecule has 1 fully saturated rings. The Morgan fingerprint density at radius 3 is 2.25 bits per heavy atom. The maximum absolute atomic E-state index is 9.94. The molecule has 1 aliphatic carbocycles. The van der Waals surface area contributed by atoms with Gasteiger partial charge in [-0.1, -0.05) is 32.1 Å². The van der Waals surface area contributed by atoms with Gasteiger partial charge in [-0.15, -0.1) is 0 Å². The molecule has 1 amide bonds. The highest BCUT2D eigenvalue weighted by Gasteiger charge is 2.11. The maximum Gasteiger partial charge on any atom is 0.320 e. The van der Waals surface area contributed by atoms with Crippen molar-refractivity contribution in [3.8, 4) is 0 Å². The molecule has 1 rings (SSSR count). The Balaban J connectivity index is 2.15. The summed E-state index contributed by atoms with van der Waals surface area (Å²) in [4.78, 5) is 9.94. The molecule has 0 bridgehead atoms. The number of rotatable bonds is 3. The molecular formula is C9H16NOS. The lowest BCUT2D eigenvalue weighted by molar-refractivity contribution is 0.512. The van der Waals surface area contributed by atoms with Gasteiger partial charge >= 0.3 is 6.41 Å². The number of amides is 1. The minimum Gasteiger partial charge on any atom is -0.292 e. The third kappa shape index (κ3) is 4.00. The minimum absolute atomic E-state index is 0.631. The van der Waals surface area contributed by atoms with Gasteiger partial charge in [-0.25, -0.2) is 0 Å². The smallest absolute Gasteiger partial charge is 0.292 e. The first-order valence-corrected chi connectivity index (χ1v) is 5.59. The van der Waals surface area contributed by atoms with Crippen LogP contribution in [0.25, 0.3) is 0 Å². The van der Waals surface area contributed by atoms with Gasteiger partial charge in [0.05, 0.1) is 0 Å². The number of carbonyl (C=O) groups excluding carboxylic acids is 1. The summed E-state index contributed by atoms with van der Waals surface area (Å²) in [6.07, 6.45) is 11.0. The van der Waals surface area contributed by atoms with E-state index in [-0.39, 0.29) is 0 Å². The zero-order chi connectivity index (χ0) is 8.65. The zero-order valence-corrected chi connectivity index (χ0v) is 8.16. The molecule has 0 aromatic rings. The first-order chi connectivity index (χ1) is 5.93. The van der Waals surface area contributed by atoms with Crippen LogP contribution in [0.15, 0.2) is 0 Å². The van der Waals surface area contributed by atoms with Crippen molar-refractivity contribution in [1.82, 2.24) is 4.72 Å². The average Bonchev–Trinajstić information content (AvgIpc) is 2.02. The molecule has 0 aliphatic heterocycles. The van der Waals surface area contributed by atoms with E-state index in [2.05, 4.69) is 4.72 Å². The van der Waals surface area contributed by atoms with Crippen LogP contribution in [-0.4, -0.2) is 11.7 Å². The standard InChI is InChI=1S/C9H16NOS/c11-8-10-12-9-6-4-2-1-3-5-7-9/h9H,1-7H2,(H,10,11). The molecule has 1 radical (unpaired) electrons. The highest BCUT2D eigenvalue weighted by atomic mass is 32.2. The summed E-state index contributed by atoms with van der Waals surface area (Å²) in [7, 11) is 0. The Morgan fingerprint density at radius 2 is 1.67 bits per heavy atom. The van der Waals surface area contributed by atoms with Gasteiger partial charge in [0, 0.05) is 5.25 Å². The van der Waals surface area contributed by atoms with Gasteiger partial charge in [0.25, 0.3) is 0 Å². The molecule has 0 spiro atoms.